The van der Waals surface area contributed by atoms with Crippen LogP contribution in [0.15, 0.2) is 0 Å². The van der Waals surface area contributed by atoms with Gasteiger partial charge in [-0.25, -0.2) is 0 Å². The molecule has 3 atom stereocenters. The van der Waals surface area contributed by atoms with Gasteiger partial charge in [-0.05, 0) is 0 Å². The summed E-state index contributed by atoms with van der Waals surface area (Å²) in [4.78, 5) is 1.99. The second-order valence-electron chi connectivity index (χ2n) is 12.5. The minimum absolute atomic E-state index is 0.183. The molecule has 0 N–H and O–H groups in total. The van der Waals surface area contributed by atoms with E-state index in [1.807, 2.05) is 4.94 Å². The molecule has 0 fully saturated rings. The zero-order valence-corrected chi connectivity index (χ0v) is 33.3. The van der Waals surface area contributed by atoms with Crippen molar-refractivity contribution in [1.82, 2.24) is 0 Å². The van der Waals surface area contributed by atoms with Crippen LogP contribution >= 0.6 is 36.7 Å². The van der Waals surface area contributed by atoms with Gasteiger partial charge >= 0.3 is 280 Å². The van der Waals surface area contributed by atoms with E-state index in [1.54, 1.807) is 0 Å². The molecule has 0 aliphatic heterocycles. The Morgan fingerprint density at radius 3 is 0.902 bits per heavy atom. The summed E-state index contributed by atoms with van der Waals surface area (Å²) in [6.45, 7) is 13.3. The SMILES string of the molecule is CCCCCCCCC(C)C(=S)[O][Sn]([CH3])([O]C(=S)C(C)CCCCCCCC)[O]C(=S)C(C)CCCCCCCC. The Hall–Kier alpha value is 0.469. The van der Waals surface area contributed by atoms with Gasteiger partial charge in [0.2, 0.25) is 0 Å². The summed E-state index contributed by atoms with van der Waals surface area (Å²) in [6.07, 6.45) is 26.0. The van der Waals surface area contributed by atoms with Crippen molar-refractivity contribution in [2.24, 2.45) is 17.8 Å². The predicted molar refractivity (Wildman–Crippen MR) is 194 cm³/mol. The maximum absolute atomic E-state index is 6.50. The van der Waals surface area contributed by atoms with Crippen LogP contribution in [0.25, 0.3) is 0 Å². The standard InChI is InChI=1S/3C11H22OS.CH3.Sn/c3*1-3-4-5-6-7-8-9-10(2)11(12)13;;/h3*10H,3-9H2,1-2H3,(H,12,13);1H3;/q;;;;+3/p-3. The average Bonchev–Trinajstić information content (AvgIpc) is 2.93. The first kappa shape index (κ1) is 41.5. The third kappa shape index (κ3) is 22.6. The van der Waals surface area contributed by atoms with Crippen molar-refractivity contribution in [3.05, 3.63) is 0 Å². The third-order valence-corrected chi connectivity index (χ3v) is 15.8. The first-order valence-corrected chi connectivity index (χ1v) is 24.9. The Kier molecular flexibility index (Phi) is 27.1. The number of hydrogen-bond acceptors (Lipinski definition) is 6. The summed E-state index contributed by atoms with van der Waals surface area (Å²) in [5.74, 6) is 0.549. The van der Waals surface area contributed by atoms with Gasteiger partial charge < -0.3 is 0 Å². The average molecular weight is 738 g/mol. The van der Waals surface area contributed by atoms with Gasteiger partial charge in [0.05, 0.1) is 0 Å². The molecule has 41 heavy (non-hydrogen) atoms. The van der Waals surface area contributed by atoms with Crippen molar-refractivity contribution >= 4 is 71.4 Å². The maximum atomic E-state index is 6.50. The van der Waals surface area contributed by atoms with Crippen LogP contribution in [0.5, 0.6) is 0 Å². The quantitative estimate of drug-likeness (QED) is 0.0473. The Morgan fingerprint density at radius 1 is 0.439 bits per heavy atom. The van der Waals surface area contributed by atoms with Gasteiger partial charge in [0.15, 0.2) is 0 Å². The van der Waals surface area contributed by atoms with Crippen LogP contribution in [0, 0.1) is 17.8 Å². The molecule has 0 aliphatic rings. The summed E-state index contributed by atoms with van der Waals surface area (Å²) < 4.78 is 19.5. The van der Waals surface area contributed by atoms with Crippen molar-refractivity contribution < 1.29 is 9.22 Å². The zero-order chi connectivity index (χ0) is 30.9. The molecule has 0 radical (unpaired) electrons. The summed E-state index contributed by atoms with van der Waals surface area (Å²) in [6, 6.07) is 0. The molecule has 0 amide bonds. The van der Waals surface area contributed by atoms with Gasteiger partial charge in [-0.2, -0.15) is 0 Å². The third-order valence-electron chi connectivity index (χ3n) is 8.04. The van der Waals surface area contributed by atoms with E-state index < -0.39 is 19.6 Å². The molecular formula is C34H66O3S3Sn. The molecule has 0 spiro atoms. The van der Waals surface area contributed by atoms with E-state index in [2.05, 4.69) is 41.5 Å². The van der Waals surface area contributed by atoms with E-state index >= 15 is 0 Å². The van der Waals surface area contributed by atoms with E-state index in [4.69, 9.17) is 45.9 Å². The molecule has 0 bridgehead atoms. The first-order valence-electron chi connectivity index (χ1n) is 17.3. The van der Waals surface area contributed by atoms with Crippen molar-refractivity contribution in [2.75, 3.05) is 0 Å². The van der Waals surface area contributed by atoms with Gasteiger partial charge in [0, 0.05) is 0 Å². The van der Waals surface area contributed by atoms with E-state index in [9.17, 15) is 0 Å². The summed E-state index contributed by atoms with van der Waals surface area (Å²) >= 11 is 13.2. The van der Waals surface area contributed by atoms with Gasteiger partial charge in [-0.3, -0.25) is 0 Å². The number of thiocarbonyl (C=S) groups is 3. The molecule has 0 heterocycles. The first-order chi connectivity index (χ1) is 19.6. The van der Waals surface area contributed by atoms with Crippen LogP contribution in [0.1, 0.15) is 176 Å². The van der Waals surface area contributed by atoms with Crippen molar-refractivity contribution in [3.8, 4) is 0 Å². The van der Waals surface area contributed by atoms with Crippen LogP contribution in [-0.2, 0) is 9.22 Å². The molecule has 242 valence electrons. The monoisotopic (exact) mass is 738 g/mol. The van der Waals surface area contributed by atoms with Crippen LogP contribution in [0.2, 0.25) is 4.94 Å². The summed E-state index contributed by atoms with van der Waals surface area (Å²) in [5.41, 5.74) is 0. The topological polar surface area (TPSA) is 27.7 Å². The molecule has 0 aromatic carbocycles. The number of unbranched alkanes of at least 4 members (excludes halogenated alkanes) is 15. The summed E-state index contributed by atoms with van der Waals surface area (Å²) in [5, 5.41) is 1.82. The number of rotatable bonds is 27. The van der Waals surface area contributed by atoms with Crippen LogP contribution in [-0.4, -0.2) is 34.8 Å². The molecular weight excluding hydrogens is 671 g/mol. The van der Waals surface area contributed by atoms with Crippen LogP contribution in [0.4, 0.5) is 0 Å². The molecule has 0 saturated carbocycles. The summed E-state index contributed by atoms with van der Waals surface area (Å²) in [7, 11) is 0. The Morgan fingerprint density at radius 2 is 0.659 bits per heavy atom. The fourth-order valence-corrected chi connectivity index (χ4v) is 13.6. The van der Waals surface area contributed by atoms with Crippen LogP contribution in [0.3, 0.4) is 0 Å². The Balaban J connectivity index is 5.09. The zero-order valence-electron chi connectivity index (χ0n) is 28.0. The molecule has 0 aromatic heterocycles. The Bertz CT molecular complexity index is 600. The normalized spacial score (nSPS) is 15.0. The molecule has 3 nitrogen and oxygen atoms in total. The van der Waals surface area contributed by atoms with E-state index in [-0.39, 0.29) is 17.8 Å². The molecule has 7 heteroatoms. The van der Waals surface area contributed by atoms with Crippen LogP contribution < -0.4 is 0 Å². The van der Waals surface area contributed by atoms with Crippen molar-refractivity contribution in [2.45, 2.75) is 181 Å². The van der Waals surface area contributed by atoms with E-state index in [1.165, 1.54) is 116 Å². The van der Waals surface area contributed by atoms with Gasteiger partial charge in [0.25, 0.3) is 0 Å². The Labute approximate surface area is 277 Å². The van der Waals surface area contributed by atoms with Gasteiger partial charge in [0.1, 0.15) is 0 Å². The molecule has 0 rings (SSSR count). The molecule has 0 aromatic rings. The second-order valence-corrected chi connectivity index (χ2v) is 20.4. The van der Waals surface area contributed by atoms with Crippen molar-refractivity contribution in [3.63, 3.8) is 0 Å². The molecule has 0 saturated heterocycles. The van der Waals surface area contributed by atoms with Crippen molar-refractivity contribution in [1.29, 1.82) is 0 Å². The molecule has 0 aliphatic carbocycles. The van der Waals surface area contributed by atoms with E-state index in [0.29, 0.717) is 15.2 Å². The van der Waals surface area contributed by atoms with Gasteiger partial charge in [-0.1, -0.05) is 0 Å². The predicted octanol–water partition coefficient (Wildman–Crippen LogP) is 12.7. The fourth-order valence-electron chi connectivity index (χ4n) is 4.96. The minimum atomic E-state index is -4.17. The van der Waals surface area contributed by atoms with E-state index in [0.717, 1.165) is 19.3 Å². The second kappa shape index (κ2) is 26.8. The fraction of sp³-hybridized carbons (Fsp3) is 0.912. The number of hydrogen-bond donors (Lipinski definition) is 0. The molecule has 3 unspecified atom stereocenters. The van der Waals surface area contributed by atoms with Gasteiger partial charge in [-0.15, -0.1) is 0 Å².